The Balaban J connectivity index is 2.02. The zero-order valence-electron chi connectivity index (χ0n) is 14.8. The van der Waals surface area contributed by atoms with Crippen LogP contribution in [0.2, 0.25) is 0 Å². The van der Waals surface area contributed by atoms with E-state index in [9.17, 15) is 13.2 Å². The third-order valence-corrected chi connectivity index (χ3v) is 5.23. The molecule has 5 nitrogen and oxygen atoms in total. The molecule has 6 heteroatoms. The lowest BCUT2D eigenvalue weighted by atomic mass is 10.2. The van der Waals surface area contributed by atoms with Gasteiger partial charge in [-0.05, 0) is 37.1 Å². The van der Waals surface area contributed by atoms with Crippen LogP contribution < -0.4 is 9.21 Å². The molecule has 0 bridgehead atoms. The minimum Gasteiger partial charge on any atom is -0.316 e. The monoisotopic (exact) mass is 360 g/mol. The molecule has 0 fully saturated rings. The van der Waals surface area contributed by atoms with E-state index in [2.05, 4.69) is 0 Å². The molecule has 2 rings (SSSR count). The van der Waals surface area contributed by atoms with Crippen molar-refractivity contribution >= 4 is 27.3 Å². The highest BCUT2D eigenvalue weighted by Crippen LogP contribution is 2.22. The summed E-state index contributed by atoms with van der Waals surface area (Å²) < 4.78 is 25.7. The van der Waals surface area contributed by atoms with Gasteiger partial charge in [0, 0.05) is 25.7 Å². The van der Waals surface area contributed by atoms with Gasteiger partial charge in [-0.1, -0.05) is 36.4 Å². The Morgan fingerprint density at radius 3 is 2.20 bits per heavy atom. The summed E-state index contributed by atoms with van der Waals surface area (Å²) in [6.07, 6.45) is 1.93. The predicted octanol–water partition coefficient (Wildman–Crippen LogP) is 3.20. The summed E-state index contributed by atoms with van der Waals surface area (Å²) in [4.78, 5) is 13.9. The summed E-state index contributed by atoms with van der Waals surface area (Å²) >= 11 is 0. The first-order chi connectivity index (χ1) is 11.8. The van der Waals surface area contributed by atoms with E-state index in [1.807, 2.05) is 55.5 Å². The Hall–Kier alpha value is -2.34. The molecule has 0 spiro atoms. The summed E-state index contributed by atoms with van der Waals surface area (Å²) in [5, 5.41) is 0. The second-order valence-corrected chi connectivity index (χ2v) is 7.92. The van der Waals surface area contributed by atoms with Gasteiger partial charge in [0.1, 0.15) is 0 Å². The number of sulfonamides is 1. The van der Waals surface area contributed by atoms with Crippen LogP contribution in [0.3, 0.4) is 0 Å². The molecule has 2 aromatic rings. The molecule has 0 aliphatic carbocycles. The molecule has 0 unspecified atom stereocenters. The van der Waals surface area contributed by atoms with Crippen molar-refractivity contribution < 1.29 is 13.2 Å². The fourth-order valence-corrected chi connectivity index (χ4v) is 3.67. The molecule has 0 radical (unpaired) electrons. The van der Waals surface area contributed by atoms with Crippen LogP contribution >= 0.6 is 0 Å². The molecule has 0 atom stereocenters. The number of amides is 1. The van der Waals surface area contributed by atoms with Crippen LogP contribution in [0.1, 0.15) is 18.4 Å². The number of carbonyl (C=O) groups excluding carboxylic acids is 1. The van der Waals surface area contributed by atoms with Gasteiger partial charge >= 0.3 is 0 Å². The first-order valence-electron chi connectivity index (χ1n) is 8.15. The summed E-state index contributed by atoms with van der Waals surface area (Å²) in [5.41, 5.74) is 2.38. The molecule has 0 aromatic heterocycles. The molecule has 1 amide bonds. The van der Waals surface area contributed by atoms with E-state index in [-0.39, 0.29) is 18.9 Å². The Bertz CT molecular complexity index is 820. The fraction of sp³-hybridized carbons (Fsp3) is 0.316. The lowest BCUT2D eigenvalue weighted by Crippen LogP contribution is -2.33. The average Bonchev–Trinajstić information content (AvgIpc) is 2.58. The summed E-state index contributed by atoms with van der Waals surface area (Å²) in [5.74, 6) is -0.0376. The Morgan fingerprint density at radius 1 is 1.00 bits per heavy atom. The minimum absolute atomic E-state index is 0.0376. The van der Waals surface area contributed by atoms with E-state index >= 15 is 0 Å². The Kier molecular flexibility index (Phi) is 6.20. The topological polar surface area (TPSA) is 57.7 Å². The summed E-state index contributed by atoms with van der Waals surface area (Å²) in [7, 11) is -1.67. The van der Waals surface area contributed by atoms with Crippen molar-refractivity contribution in [1.29, 1.82) is 0 Å². The molecule has 0 aliphatic heterocycles. The number of hydrogen-bond donors (Lipinski definition) is 0. The maximum absolute atomic E-state index is 12.3. The van der Waals surface area contributed by atoms with Crippen molar-refractivity contribution in [3.05, 3.63) is 60.2 Å². The van der Waals surface area contributed by atoms with Crippen LogP contribution in [0, 0.1) is 6.92 Å². The second-order valence-electron chi connectivity index (χ2n) is 6.01. The highest BCUT2D eigenvalue weighted by Gasteiger charge is 2.19. The molecule has 0 saturated heterocycles. The highest BCUT2D eigenvalue weighted by molar-refractivity contribution is 7.92. The van der Waals surface area contributed by atoms with Gasteiger partial charge < -0.3 is 4.90 Å². The van der Waals surface area contributed by atoms with Gasteiger partial charge in [-0.15, -0.1) is 0 Å². The Labute approximate surface area is 149 Å². The summed E-state index contributed by atoms with van der Waals surface area (Å²) in [6.45, 7) is 2.15. The smallest absolute Gasteiger partial charge is 0.232 e. The van der Waals surface area contributed by atoms with Crippen LogP contribution in [0.15, 0.2) is 54.6 Å². The van der Waals surface area contributed by atoms with Crippen molar-refractivity contribution in [2.75, 3.05) is 29.1 Å². The first kappa shape index (κ1) is 19.0. The number of carbonyl (C=O) groups is 1. The van der Waals surface area contributed by atoms with E-state index in [1.54, 1.807) is 18.0 Å². The third-order valence-electron chi connectivity index (χ3n) is 4.05. The van der Waals surface area contributed by atoms with Gasteiger partial charge in [0.15, 0.2) is 0 Å². The number of hydrogen-bond acceptors (Lipinski definition) is 3. The molecule has 0 heterocycles. The third kappa shape index (κ3) is 5.06. The number of para-hydroxylation sites is 2. The lowest BCUT2D eigenvalue weighted by molar-refractivity contribution is -0.118. The molecule has 0 N–H and O–H groups in total. The lowest BCUT2D eigenvalue weighted by Gasteiger charge is -2.24. The van der Waals surface area contributed by atoms with E-state index in [0.29, 0.717) is 12.1 Å². The second kappa shape index (κ2) is 8.16. The van der Waals surface area contributed by atoms with Gasteiger partial charge in [-0.2, -0.15) is 0 Å². The number of aryl methyl sites for hydroxylation is 1. The van der Waals surface area contributed by atoms with Gasteiger partial charge in [0.25, 0.3) is 0 Å². The molecule has 25 heavy (non-hydrogen) atoms. The highest BCUT2D eigenvalue weighted by atomic mass is 32.2. The fourth-order valence-electron chi connectivity index (χ4n) is 2.65. The molecular weight excluding hydrogens is 336 g/mol. The van der Waals surface area contributed by atoms with Crippen molar-refractivity contribution in [3.63, 3.8) is 0 Å². The van der Waals surface area contributed by atoms with Crippen molar-refractivity contribution in [1.82, 2.24) is 0 Å². The average molecular weight is 360 g/mol. The molecular formula is C19H24N2O3S. The van der Waals surface area contributed by atoms with Crippen LogP contribution in [0.25, 0.3) is 0 Å². The predicted molar refractivity (Wildman–Crippen MR) is 102 cm³/mol. The molecule has 0 aliphatic rings. The maximum Gasteiger partial charge on any atom is 0.232 e. The molecule has 2 aromatic carbocycles. The van der Waals surface area contributed by atoms with Gasteiger partial charge in [-0.3, -0.25) is 9.10 Å². The van der Waals surface area contributed by atoms with Gasteiger partial charge in [0.2, 0.25) is 15.9 Å². The number of anilines is 2. The number of benzene rings is 2. The SMILES string of the molecule is Cc1ccccc1N(CCCC(=O)N(C)c1ccccc1)S(C)(=O)=O. The van der Waals surface area contributed by atoms with Crippen molar-refractivity contribution in [2.45, 2.75) is 19.8 Å². The zero-order valence-corrected chi connectivity index (χ0v) is 15.7. The van der Waals surface area contributed by atoms with Gasteiger partial charge in [0.05, 0.1) is 11.9 Å². The maximum atomic E-state index is 12.3. The Morgan fingerprint density at radius 2 is 1.60 bits per heavy atom. The van der Waals surface area contributed by atoms with Gasteiger partial charge in [-0.25, -0.2) is 8.42 Å². The first-order valence-corrected chi connectivity index (χ1v) is 10.0. The standard InChI is InChI=1S/C19H24N2O3S/c1-16-10-7-8-13-18(16)21(25(3,23)24)15-9-14-19(22)20(2)17-11-5-4-6-12-17/h4-8,10-13H,9,14-15H2,1-3H3. The van der Waals surface area contributed by atoms with Crippen LogP contribution in [0.5, 0.6) is 0 Å². The van der Waals surface area contributed by atoms with E-state index in [1.165, 1.54) is 10.6 Å². The largest absolute Gasteiger partial charge is 0.316 e. The molecule has 0 saturated carbocycles. The van der Waals surface area contributed by atoms with E-state index in [0.717, 1.165) is 11.3 Å². The van der Waals surface area contributed by atoms with Crippen LogP contribution in [-0.4, -0.2) is 34.2 Å². The number of nitrogens with zero attached hydrogens (tertiary/aromatic N) is 2. The van der Waals surface area contributed by atoms with Crippen LogP contribution in [-0.2, 0) is 14.8 Å². The van der Waals surface area contributed by atoms with Crippen molar-refractivity contribution in [3.8, 4) is 0 Å². The molecule has 134 valence electrons. The minimum atomic E-state index is -3.40. The summed E-state index contributed by atoms with van der Waals surface area (Å²) in [6, 6.07) is 16.7. The quantitative estimate of drug-likeness (QED) is 0.762. The van der Waals surface area contributed by atoms with E-state index < -0.39 is 10.0 Å². The number of rotatable bonds is 7. The van der Waals surface area contributed by atoms with Crippen LogP contribution in [0.4, 0.5) is 11.4 Å². The van der Waals surface area contributed by atoms with E-state index in [4.69, 9.17) is 0 Å². The van der Waals surface area contributed by atoms with Crippen molar-refractivity contribution in [2.24, 2.45) is 0 Å². The zero-order chi connectivity index (χ0) is 18.4. The normalized spacial score (nSPS) is 11.2.